The zero-order chi connectivity index (χ0) is 70.1. The highest BCUT2D eigenvalue weighted by Crippen LogP contribution is 2.39. The Labute approximate surface area is 613 Å². The summed E-state index contributed by atoms with van der Waals surface area (Å²) in [5, 5.41) is 21.4. The molecule has 0 aliphatic carbocycles. The number of hydrogen-bond donors (Lipinski definition) is 6. The number of nitrogens with one attached hydrogen (secondary N) is 6. The molecule has 3 aromatic carbocycles. The van der Waals surface area contributed by atoms with E-state index in [2.05, 4.69) is 166 Å². The van der Waals surface area contributed by atoms with Gasteiger partial charge in [0.15, 0.2) is 0 Å². The Morgan fingerprint density at radius 1 is 0.530 bits per heavy atom. The van der Waals surface area contributed by atoms with Crippen molar-refractivity contribution in [1.82, 2.24) is 64.5 Å². The van der Waals surface area contributed by atoms with Crippen LogP contribution in [-0.4, -0.2) is 173 Å². The first-order chi connectivity index (χ1) is 48.2. The van der Waals surface area contributed by atoms with Crippen molar-refractivity contribution in [2.24, 2.45) is 0 Å². The van der Waals surface area contributed by atoms with E-state index in [9.17, 15) is 0 Å². The van der Waals surface area contributed by atoms with Crippen LogP contribution in [0.1, 0.15) is 76.6 Å². The largest absolute Gasteiger partial charge is 0.355 e. The Balaban J connectivity index is 0.000000142. The van der Waals surface area contributed by atoms with Crippen LogP contribution in [0.3, 0.4) is 0 Å². The van der Waals surface area contributed by atoms with Crippen LogP contribution < -0.4 is 36.8 Å². The van der Waals surface area contributed by atoms with Gasteiger partial charge in [-0.05, 0) is 184 Å². The summed E-state index contributed by atoms with van der Waals surface area (Å²) in [6, 6.07) is 26.9. The van der Waals surface area contributed by atoms with Gasteiger partial charge in [0.2, 0.25) is 17.8 Å². The number of fused-ring (bicyclic) bond motifs is 9. The van der Waals surface area contributed by atoms with Crippen LogP contribution >= 0.6 is 59.9 Å². The van der Waals surface area contributed by atoms with Crippen LogP contribution in [0.15, 0.2) is 110 Å². The molecule has 0 spiro atoms. The lowest BCUT2D eigenvalue weighted by atomic mass is 10.0. The van der Waals surface area contributed by atoms with Crippen LogP contribution in [0.25, 0.3) is 33.8 Å². The molecule has 518 valence electrons. The third kappa shape index (κ3) is 18.0. The van der Waals surface area contributed by atoms with Crippen LogP contribution in [0.5, 0.6) is 0 Å². The first-order valence-electron chi connectivity index (χ1n) is 34.1. The minimum atomic E-state index is 0.524. The number of thiocarbonyl (C=S) groups is 3. The second-order valence-corrected chi connectivity index (χ2v) is 29.0. The minimum absolute atomic E-state index is 0.524. The molecule has 5 aliphatic heterocycles. The Bertz CT molecular complexity index is 4510. The van der Waals surface area contributed by atoms with E-state index in [0.717, 1.165) is 200 Å². The predicted octanol–water partition coefficient (Wildman–Crippen LogP) is 14.3. The molecule has 6 N–H and O–H groups in total. The van der Waals surface area contributed by atoms with Crippen molar-refractivity contribution in [3.8, 4) is 33.8 Å². The third-order valence-electron chi connectivity index (χ3n) is 18.6. The van der Waals surface area contributed by atoms with Crippen LogP contribution in [0.4, 0.5) is 57.8 Å². The molecule has 2 fully saturated rings. The Morgan fingerprint density at radius 3 is 1.51 bits per heavy atom. The number of aromatic nitrogens is 9. The number of aryl methyl sites for hydroxylation is 5. The fraction of sp³-hybridized carbons (Fsp3) is 0.360. The zero-order valence-electron chi connectivity index (χ0n) is 58.2. The molecule has 6 aromatic heterocycles. The fourth-order valence-corrected chi connectivity index (χ4v) is 13.9. The summed E-state index contributed by atoms with van der Waals surface area (Å²) >= 11 is 29.0. The predicted molar refractivity (Wildman–Crippen MR) is 422 cm³/mol. The summed E-state index contributed by atoms with van der Waals surface area (Å²) in [5.74, 6) is 2.64. The van der Waals surface area contributed by atoms with Gasteiger partial charge in [-0.15, -0.1) is 0 Å². The summed E-state index contributed by atoms with van der Waals surface area (Å²) in [6.07, 6.45) is 17.7. The Kier molecular flexibility index (Phi) is 23.2. The molecular formula is C75H86Cl2N20S3. The van der Waals surface area contributed by atoms with Crippen molar-refractivity contribution >= 4 is 133 Å². The lowest BCUT2D eigenvalue weighted by Crippen LogP contribution is -2.45. The van der Waals surface area contributed by atoms with Gasteiger partial charge >= 0.3 is 0 Å². The summed E-state index contributed by atoms with van der Waals surface area (Å²) in [7, 11) is 10.7. The highest BCUT2D eigenvalue weighted by Gasteiger charge is 2.26. The first-order valence-corrected chi connectivity index (χ1v) is 36.1. The number of likely N-dealkylation sites (N-methyl/N-ethyl adjacent to an activating group) is 2. The maximum absolute atomic E-state index is 6.22. The van der Waals surface area contributed by atoms with E-state index >= 15 is 0 Å². The molecular weight excluding hydrogens is 1350 g/mol. The molecule has 25 heteroatoms. The molecule has 0 bridgehead atoms. The fourth-order valence-electron chi connectivity index (χ4n) is 12.8. The molecule has 2 saturated heterocycles. The van der Waals surface area contributed by atoms with Gasteiger partial charge in [0, 0.05) is 163 Å². The number of benzene rings is 3. The zero-order valence-corrected chi connectivity index (χ0v) is 62.2. The summed E-state index contributed by atoms with van der Waals surface area (Å²) < 4.78 is 0. The monoisotopic (exact) mass is 1430 g/mol. The number of hydrogen-bond acceptors (Lipinski definition) is 20. The number of rotatable bonds is 16. The van der Waals surface area contributed by atoms with Crippen LogP contribution in [-0.2, 0) is 38.5 Å². The van der Waals surface area contributed by atoms with Crippen molar-refractivity contribution in [3.05, 3.63) is 170 Å². The second kappa shape index (κ2) is 32.5. The molecule has 5 aliphatic rings. The van der Waals surface area contributed by atoms with E-state index in [1.54, 1.807) is 0 Å². The van der Waals surface area contributed by atoms with E-state index < -0.39 is 0 Å². The highest BCUT2D eigenvalue weighted by molar-refractivity contribution is 7.81. The van der Waals surface area contributed by atoms with Crippen molar-refractivity contribution in [2.45, 2.75) is 91.5 Å². The average molecular weight is 1430 g/mol. The van der Waals surface area contributed by atoms with Gasteiger partial charge in [-0.1, -0.05) is 78.9 Å². The number of nitrogens with zero attached hydrogens (tertiary/aromatic N) is 14. The molecule has 0 saturated carbocycles. The van der Waals surface area contributed by atoms with E-state index in [-0.39, 0.29) is 0 Å². The van der Waals surface area contributed by atoms with Gasteiger partial charge < -0.3 is 56.4 Å². The smallest absolute Gasteiger partial charge is 0.227 e. The molecule has 0 radical (unpaired) electrons. The quantitative estimate of drug-likeness (QED) is 0.0498. The van der Waals surface area contributed by atoms with Gasteiger partial charge in [0.05, 0.1) is 66.2 Å². The molecule has 1 unspecified atom stereocenters. The lowest BCUT2D eigenvalue weighted by molar-refractivity contribution is 0.155. The van der Waals surface area contributed by atoms with Gasteiger partial charge in [-0.25, -0.2) is 34.9 Å². The highest BCUT2D eigenvalue weighted by atomic mass is 35.5. The standard InChI is InChI=1S/2C25H28ClN7S.C25H30N6S/c1-15-20(8-9-22(28-15)33-10-4-5-18(14-33)32(2)3)30-25-27-13-16-11-23(34)29-21-12-17(26)6-7-19(21)24(16)31-25;1-16-21(11-17(14-27-16)5-6-33-9-7-32(2)8-10-33)30-25-28-15-18-12-23(34)29-22-13-19(26)3-4-20(22)24(18)31-25;1-5-17-8-9-20-22(11-17)28-23(32)13-19-15-27-25(30-24(19)20)29-21-12-18(14-26-16(21)2)7-6-10-31(3)4/h6-9,12-13,18H,4-5,10-11,14H2,1-3H3,(H,29,34)(H,27,30,31);3-4,11,13-15H,5-10,12H2,1-2H3,(H,29,34)(H,28,30,31);8-9,11-12,14-15H,5-7,10,13H2,1-4H3,(H,28,32)(H,27,29,30). The third-order valence-corrected chi connectivity index (χ3v) is 19.8. The van der Waals surface area contributed by atoms with Crippen molar-refractivity contribution < 1.29 is 0 Å². The lowest BCUT2D eigenvalue weighted by Gasteiger charge is -2.37. The minimum Gasteiger partial charge on any atom is -0.355 e. The molecule has 14 rings (SSSR count). The van der Waals surface area contributed by atoms with Gasteiger partial charge in [-0.3, -0.25) is 9.97 Å². The maximum Gasteiger partial charge on any atom is 0.227 e. The number of anilines is 10. The number of pyridine rings is 3. The van der Waals surface area contributed by atoms with Crippen molar-refractivity contribution in [1.29, 1.82) is 0 Å². The van der Waals surface area contributed by atoms with Crippen molar-refractivity contribution in [2.75, 3.05) is 124 Å². The van der Waals surface area contributed by atoms with Crippen LogP contribution in [0.2, 0.25) is 10.0 Å². The topological polar surface area (TPSA) is 204 Å². The van der Waals surface area contributed by atoms with Gasteiger partial charge in [0.1, 0.15) is 5.82 Å². The Hall–Kier alpha value is -8.36. The summed E-state index contributed by atoms with van der Waals surface area (Å²) in [5.41, 5.74) is 20.5. The van der Waals surface area contributed by atoms with Crippen LogP contribution in [0, 0.1) is 20.8 Å². The molecule has 9 aromatic rings. The van der Waals surface area contributed by atoms with Crippen molar-refractivity contribution in [3.63, 3.8) is 0 Å². The molecule has 0 amide bonds. The Morgan fingerprint density at radius 2 is 1.02 bits per heavy atom. The second-order valence-electron chi connectivity index (χ2n) is 26.6. The summed E-state index contributed by atoms with van der Waals surface area (Å²) in [4.78, 5) is 56.4. The van der Waals surface area contributed by atoms with Gasteiger partial charge in [0.25, 0.3) is 0 Å². The van der Waals surface area contributed by atoms with E-state index in [1.807, 2.05) is 88.2 Å². The number of piperidine rings is 1. The number of halogens is 2. The summed E-state index contributed by atoms with van der Waals surface area (Å²) in [6.45, 7) is 16.8. The molecule has 11 heterocycles. The number of piperazine rings is 1. The SMILES string of the molecule is CCc1ccc2c(c1)NC(=S)Cc1cnc(Nc3cc(CCCN(C)C)cnc3C)nc1-2.Cc1nc(N2CCCC(N(C)C)C2)ccc1Nc1ncc2c(n1)-c1ccc(Cl)cc1NC(=S)C2.Cc1ncc(CCN2CCN(C)CC2)cc1Nc1ncc2c(n1)-c1ccc(Cl)cc1NC(=S)C2. The van der Waals surface area contributed by atoms with E-state index in [4.69, 9.17) is 79.8 Å². The molecule has 20 nitrogen and oxygen atoms in total. The van der Waals surface area contributed by atoms with E-state index in [0.29, 0.717) is 53.2 Å². The van der Waals surface area contributed by atoms with E-state index in [1.165, 1.54) is 29.5 Å². The average Bonchev–Trinajstić information content (AvgIpc) is 1.54. The molecule has 100 heavy (non-hydrogen) atoms. The molecule has 1 atom stereocenters. The van der Waals surface area contributed by atoms with Gasteiger partial charge in [-0.2, -0.15) is 0 Å². The maximum atomic E-state index is 6.22. The first kappa shape index (κ1) is 71.5. The normalized spacial score (nSPS) is 15.6.